The minimum absolute atomic E-state index is 0.235. The van der Waals surface area contributed by atoms with Crippen molar-refractivity contribution in [1.29, 1.82) is 0 Å². The molecule has 0 unspecified atom stereocenters. The molecule has 0 atom stereocenters. The molecule has 18 heavy (non-hydrogen) atoms. The summed E-state index contributed by atoms with van der Waals surface area (Å²) in [6.45, 7) is 0. The third-order valence-electron chi connectivity index (χ3n) is 2.10. The summed E-state index contributed by atoms with van der Waals surface area (Å²) in [6.07, 6.45) is 1.29. The predicted molar refractivity (Wildman–Crippen MR) is 57.6 cm³/mol. The van der Waals surface area contributed by atoms with Gasteiger partial charge in [-0.1, -0.05) is 0 Å². The molecule has 0 aliphatic heterocycles. The predicted octanol–water partition coefficient (Wildman–Crippen LogP) is 2.85. The van der Waals surface area contributed by atoms with E-state index in [-0.39, 0.29) is 11.4 Å². The first-order valence-corrected chi connectivity index (χ1v) is 4.89. The van der Waals surface area contributed by atoms with Crippen LogP contribution in [0.5, 0.6) is 11.6 Å². The lowest BCUT2D eigenvalue weighted by Crippen LogP contribution is -2.02. The summed E-state index contributed by atoms with van der Waals surface area (Å²) in [5.74, 6) is -3.49. The third-order valence-corrected chi connectivity index (χ3v) is 2.10. The van der Waals surface area contributed by atoms with Gasteiger partial charge in [0.15, 0.2) is 11.6 Å². The average molecular weight is 251 g/mol. The van der Waals surface area contributed by atoms with Gasteiger partial charge in [0, 0.05) is 12.3 Å². The number of hydrogen-bond donors (Lipinski definition) is 1. The summed E-state index contributed by atoms with van der Waals surface area (Å²) in [7, 11) is 0. The van der Waals surface area contributed by atoms with Crippen LogP contribution in [0, 0.1) is 11.6 Å². The Bertz CT molecular complexity index is 602. The number of pyridine rings is 1. The number of carboxylic acids is 1. The van der Waals surface area contributed by atoms with Crippen LogP contribution >= 0.6 is 0 Å². The number of rotatable bonds is 3. The van der Waals surface area contributed by atoms with Crippen LogP contribution in [-0.4, -0.2) is 16.1 Å². The summed E-state index contributed by atoms with van der Waals surface area (Å²) in [5.41, 5.74) is -0.235. The molecule has 0 aliphatic rings. The Labute approximate surface area is 100 Å². The quantitative estimate of drug-likeness (QED) is 0.911. The van der Waals surface area contributed by atoms with Crippen LogP contribution in [0.4, 0.5) is 8.78 Å². The van der Waals surface area contributed by atoms with E-state index in [2.05, 4.69) is 4.98 Å². The Morgan fingerprint density at radius 2 is 2.06 bits per heavy atom. The van der Waals surface area contributed by atoms with Crippen LogP contribution in [0.15, 0.2) is 36.5 Å². The highest BCUT2D eigenvalue weighted by Gasteiger charge is 2.14. The minimum atomic E-state index is -1.27. The van der Waals surface area contributed by atoms with E-state index >= 15 is 0 Å². The lowest BCUT2D eigenvalue weighted by Gasteiger charge is -2.07. The van der Waals surface area contributed by atoms with Gasteiger partial charge in [0.1, 0.15) is 11.4 Å². The van der Waals surface area contributed by atoms with Crippen molar-refractivity contribution in [3.05, 3.63) is 53.7 Å². The van der Waals surface area contributed by atoms with Gasteiger partial charge in [-0.15, -0.1) is 0 Å². The molecule has 2 aromatic rings. The molecule has 0 radical (unpaired) electrons. The molecule has 0 amide bonds. The number of carbonyl (C=O) groups is 1. The Balaban J connectivity index is 2.40. The van der Waals surface area contributed by atoms with E-state index in [1.54, 1.807) is 0 Å². The Morgan fingerprint density at radius 1 is 1.28 bits per heavy atom. The monoisotopic (exact) mass is 251 g/mol. The van der Waals surface area contributed by atoms with Crippen LogP contribution in [0.1, 0.15) is 10.4 Å². The number of aromatic nitrogens is 1. The number of benzene rings is 1. The lowest BCUT2D eigenvalue weighted by molar-refractivity contribution is 0.0693. The minimum Gasteiger partial charge on any atom is -0.477 e. The molecule has 2 rings (SSSR count). The fourth-order valence-corrected chi connectivity index (χ4v) is 1.29. The summed E-state index contributed by atoms with van der Waals surface area (Å²) in [5, 5.41) is 8.88. The first kappa shape index (κ1) is 12.0. The van der Waals surface area contributed by atoms with Crippen molar-refractivity contribution in [2.45, 2.75) is 0 Å². The number of ether oxygens (including phenoxy) is 1. The molecule has 0 saturated carbocycles. The van der Waals surface area contributed by atoms with Crippen molar-refractivity contribution >= 4 is 5.97 Å². The van der Waals surface area contributed by atoms with Crippen molar-refractivity contribution in [2.24, 2.45) is 0 Å². The van der Waals surface area contributed by atoms with Gasteiger partial charge in [-0.3, -0.25) is 0 Å². The third kappa shape index (κ3) is 2.42. The van der Waals surface area contributed by atoms with E-state index in [0.29, 0.717) is 0 Å². The molecule has 1 heterocycles. The smallest absolute Gasteiger partial charge is 0.341 e. The van der Waals surface area contributed by atoms with Crippen molar-refractivity contribution in [2.75, 3.05) is 0 Å². The molecule has 0 bridgehead atoms. The molecule has 1 aromatic carbocycles. The molecule has 1 N–H and O–H groups in total. The second-order valence-corrected chi connectivity index (χ2v) is 3.34. The van der Waals surface area contributed by atoms with Gasteiger partial charge in [-0.2, -0.15) is 0 Å². The van der Waals surface area contributed by atoms with E-state index in [0.717, 1.165) is 18.2 Å². The van der Waals surface area contributed by atoms with E-state index < -0.39 is 23.4 Å². The standard InChI is InChI=1S/C12H7F2NO3/c13-7-3-4-9(14)10(6-7)18-11-8(12(16)17)2-1-5-15-11/h1-6H,(H,16,17). The number of halogens is 2. The normalized spacial score (nSPS) is 10.1. The molecule has 4 nitrogen and oxygen atoms in total. The van der Waals surface area contributed by atoms with Gasteiger partial charge in [0.05, 0.1) is 0 Å². The number of nitrogens with zero attached hydrogens (tertiary/aromatic N) is 1. The van der Waals surface area contributed by atoms with Crippen molar-refractivity contribution in [1.82, 2.24) is 4.98 Å². The van der Waals surface area contributed by atoms with Gasteiger partial charge in [0.25, 0.3) is 0 Å². The van der Waals surface area contributed by atoms with Crippen molar-refractivity contribution < 1.29 is 23.4 Å². The maximum atomic E-state index is 13.3. The second kappa shape index (κ2) is 4.79. The highest BCUT2D eigenvalue weighted by Crippen LogP contribution is 2.26. The van der Waals surface area contributed by atoms with E-state index in [1.165, 1.54) is 18.3 Å². The first-order valence-electron chi connectivity index (χ1n) is 4.89. The lowest BCUT2D eigenvalue weighted by atomic mass is 10.2. The fraction of sp³-hybridized carbons (Fsp3) is 0. The maximum Gasteiger partial charge on any atom is 0.341 e. The van der Waals surface area contributed by atoms with Gasteiger partial charge < -0.3 is 9.84 Å². The first-order chi connectivity index (χ1) is 8.58. The molecule has 0 saturated heterocycles. The van der Waals surface area contributed by atoms with Gasteiger partial charge in [-0.25, -0.2) is 18.6 Å². The second-order valence-electron chi connectivity index (χ2n) is 3.34. The van der Waals surface area contributed by atoms with Crippen LogP contribution in [0.3, 0.4) is 0 Å². The fourth-order valence-electron chi connectivity index (χ4n) is 1.29. The largest absolute Gasteiger partial charge is 0.477 e. The zero-order valence-corrected chi connectivity index (χ0v) is 8.93. The summed E-state index contributed by atoms with van der Waals surface area (Å²) >= 11 is 0. The van der Waals surface area contributed by atoms with Gasteiger partial charge in [-0.05, 0) is 24.3 Å². The number of carboxylic acid groups (broad SMARTS) is 1. The molecule has 0 aliphatic carbocycles. The van der Waals surface area contributed by atoms with Crippen LogP contribution in [0.25, 0.3) is 0 Å². The maximum absolute atomic E-state index is 13.3. The Kier molecular flexibility index (Phi) is 3.18. The zero-order valence-electron chi connectivity index (χ0n) is 8.93. The molecule has 1 aromatic heterocycles. The molecule has 0 fully saturated rings. The number of hydrogen-bond acceptors (Lipinski definition) is 3. The highest BCUT2D eigenvalue weighted by molar-refractivity contribution is 5.90. The Morgan fingerprint density at radius 3 is 2.78 bits per heavy atom. The zero-order chi connectivity index (χ0) is 13.1. The highest BCUT2D eigenvalue weighted by atomic mass is 19.1. The van der Waals surface area contributed by atoms with Crippen LogP contribution in [-0.2, 0) is 0 Å². The summed E-state index contributed by atoms with van der Waals surface area (Å²) in [6, 6.07) is 5.28. The molecular weight excluding hydrogens is 244 g/mol. The van der Waals surface area contributed by atoms with Crippen molar-refractivity contribution in [3.63, 3.8) is 0 Å². The summed E-state index contributed by atoms with van der Waals surface area (Å²) < 4.78 is 31.2. The molecule has 0 spiro atoms. The summed E-state index contributed by atoms with van der Waals surface area (Å²) in [4.78, 5) is 14.5. The van der Waals surface area contributed by atoms with E-state index in [4.69, 9.17) is 9.84 Å². The molecular formula is C12H7F2NO3. The van der Waals surface area contributed by atoms with Gasteiger partial charge >= 0.3 is 5.97 Å². The van der Waals surface area contributed by atoms with E-state index in [9.17, 15) is 13.6 Å². The van der Waals surface area contributed by atoms with Crippen LogP contribution in [0.2, 0.25) is 0 Å². The number of aromatic carboxylic acids is 1. The molecule has 6 heteroatoms. The SMILES string of the molecule is O=C(O)c1cccnc1Oc1cc(F)ccc1F. The average Bonchev–Trinajstić information content (AvgIpc) is 2.34. The van der Waals surface area contributed by atoms with E-state index in [1.807, 2.05) is 0 Å². The van der Waals surface area contributed by atoms with Gasteiger partial charge in [0.2, 0.25) is 5.88 Å². The Hall–Kier alpha value is -2.50. The topological polar surface area (TPSA) is 59.4 Å². The molecule has 92 valence electrons. The van der Waals surface area contributed by atoms with Crippen molar-refractivity contribution in [3.8, 4) is 11.6 Å². The van der Waals surface area contributed by atoms with Crippen LogP contribution < -0.4 is 4.74 Å².